The Bertz CT molecular complexity index is 809. The summed E-state index contributed by atoms with van der Waals surface area (Å²) in [5.41, 5.74) is 1.61. The van der Waals surface area contributed by atoms with Crippen molar-refractivity contribution in [2.24, 2.45) is 5.92 Å². The van der Waals surface area contributed by atoms with E-state index in [1.807, 2.05) is 0 Å². The standard InChI is InChI=1S/C20H19ClFNO3/c1-26-19(24)11-18(14-4-2-3-5-17(14)21)23-20(25)16-10-15(16)12-6-8-13(22)9-7-12/h2-9,15-16,18H,10-11H2,1H3,(H,23,25). The Morgan fingerprint density at radius 3 is 2.58 bits per heavy atom. The van der Waals surface area contributed by atoms with Crippen molar-refractivity contribution in [1.82, 2.24) is 5.32 Å². The summed E-state index contributed by atoms with van der Waals surface area (Å²) in [6.45, 7) is 0. The number of carbonyl (C=O) groups is 2. The van der Waals surface area contributed by atoms with Crippen molar-refractivity contribution in [3.63, 3.8) is 0 Å². The van der Waals surface area contributed by atoms with Gasteiger partial charge in [0.2, 0.25) is 5.91 Å². The monoisotopic (exact) mass is 375 g/mol. The van der Waals surface area contributed by atoms with Crippen molar-refractivity contribution < 1.29 is 18.7 Å². The molecule has 6 heteroatoms. The van der Waals surface area contributed by atoms with Crippen molar-refractivity contribution in [1.29, 1.82) is 0 Å². The molecule has 1 N–H and O–H groups in total. The summed E-state index contributed by atoms with van der Waals surface area (Å²) < 4.78 is 17.8. The molecule has 1 saturated carbocycles. The Hall–Kier alpha value is -2.40. The number of hydrogen-bond donors (Lipinski definition) is 1. The highest BCUT2D eigenvalue weighted by molar-refractivity contribution is 6.31. The second-order valence-corrected chi connectivity index (χ2v) is 6.77. The van der Waals surface area contributed by atoms with Gasteiger partial charge in [0.15, 0.2) is 0 Å². The van der Waals surface area contributed by atoms with E-state index >= 15 is 0 Å². The zero-order valence-electron chi connectivity index (χ0n) is 14.2. The predicted molar refractivity (Wildman–Crippen MR) is 96.2 cm³/mol. The Kier molecular flexibility index (Phi) is 5.57. The van der Waals surface area contributed by atoms with Crippen molar-refractivity contribution in [3.05, 3.63) is 70.5 Å². The van der Waals surface area contributed by atoms with Crippen LogP contribution in [-0.4, -0.2) is 19.0 Å². The maximum atomic E-state index is 13.0. The second kappa shape index (κ2) is 7.87. The van der Waals surface area contributed by atoms with Gasteiger partial charge in [-0.2, -0.15) is 0 Å². The van der Waals surface area contributed by atoms with Crippen molar-refractivity contribution in [3.8, 4) is 0 Å². The molecule has 1 fully saturated rings. The van der Waals surface area contributed by atoms with Gasteiger partial charge in [-0.15, -0.1) is 0 Å². The highest BCUT2D eigenvalue weighted by Crippen LogP contribution is 2.48. The van der Waals surface area contributed by atoms with Crippen LogP contribution in [0.25, 0.3) is 0 Å². The molecule has 0 bridgehead atoms. The summed E-state index contributed by atoms with van der Waals surface area (Å²) in [5.74, 6) is -0.995. The van der Waals surface area contributed by atoms with Crippen LogP contribution in [0, 0.1) is 11.7 Å². The molecule has 0 spiro atoms. The van der Waals surface area contributed by atoms with Crippen molar-refractivity contribution >= 4 is 23.5 Å². The van der Waals surface area contributed by atoms with Crippen LogP contribution >= 0.6 is 11.6 Å². The lowest BCUT2D eigenvalue weighted by atomic mass is 10.0. The number of nitrogens with one attached hydrogen (secondary N) is 1. The van der Waals surface area contributed by atoms with Crippen LogP contribution in [0.2, 0.25) is 5.02 Å². The largest absolute Gasteiger partial charge is 0.469 e. The molecule has 0 saturated heterocycles. The number of methoxy groups -OCH3 is 1. The van der Waals surface area contributed by atoms with E-state index in [4.69, 9.17) is 16.3 Å². The summed E-state index contributed by atoms with van der Waals surface area (Å²) in [5, 5.41) is 3.39. The summed E-state index contributed by atoms with van der Waals surface area (Å²) in [6.07, 6.45) is 0.699. The van der Waals surface area contributed by atoms with Gasteiger partial charge in [0.05, 0.1) is 19.6 Å². The fraction of sp³-hybridized carbons (Fsp3) is 0.300. The molecule has 1 aliphatic rings. The van der Waals surface area contributed by atoms with E-state index < -0.39 is 12.0 Å². The summed E-state index contributed by atoms with van der Waals surface area (Å²) >= 11 is 6.22. The van der Waals surface area contributed by atoms with Crippen LogP contribution in [-0.2, 0) is 14.3 Å². The minimum Gasteiger partial charge on any atom is -0.469 e. The van der Waals surface area contributed by atoms with E-state index in [0.717, 1.165) is 5.56 Å². The van der Waals surface area contributed by atoms with Gasteiger partial charge in [-0.05, 0) is 41.7 Å². The molecule has 0 aromatic heterocycles. The lowest BCUT2D eigenvalue weighted by Gasteiger charge is -2.19. The maximum absolute atomic E-state index is 13.0. The van der Waals surface area contributed by atoms with Gasteiger partial charge in [-0.1, -0.05) is 41.9 Å². The number of rotatable bonds is 6. The molecule has 2 aromatic rings. The van der Waals surface area contributed by atoms with Crippen LogP contribution in [0.15, 0.2) is 48.5 Å². The zero-order valence-corrected chi connectivity index (χ0v) is 15.0. The third-order valence-electron chi connectivity index (χ3n) is 4.62. The minimum absolute atomic E-state index is 0.0000910. The normalized spacial score (nSPS) is 19.5. The fourth-order valence-electron chi connectivity index (χ4n) is 3.09. The fourth-order valence-corrected chi connectivity index (χ4v) is 3.36. The van der Waals surface area contributed by atoms with Crippen molar-refractivity contribution in [2.45, 2.75) is 24.8 Å². The van der Waals surface area contributed by atoms with E-state index in [1.165, 1.54) is 19.2 Å². The van der Waals surface area contributed by atoms with Gasteiger partial charge >= 0.3 is 5.97 Å². The molecule has 0 heterocycles. The molecule has 3 unspecified atom stereocenters. The molecule has 3 rings (SSSR count). The van der Waals surface area contributed by atoms with Gasteiger partial charge in [0.25, 0.3) is 0 Å². The van der Waals surface area contributed by atoms with Crippen LogP contribution in [0.4, 0.5) is 4.39 Å². The first-order valence-corrected chi connectivity index (χ1v) is 8.74. The SMILES string of the molecule is COC(=O)CC(NC(=O)C1CC1c1ccc(F)cc1)c1ccccc1Cl. The Labute approximate surface area is 156 Å². The number of esters is 1. The van der Waals surface area contributed by atoms with Gasteiger partial charge in [-0.3, -0.25) is 9.59 Å². The van der Waals surface area contributed by atoms with E-state index in [-0.39, 0.29) is 30.0 Å². The number of ether oxygens (including phenoxy) is 1. The van der Waals surface area contributed by atoms with E-state index in [9.17, 15) is 14.0 Å². The molecular weight excluding hydrogens is 357 g/mol. The Morgan fingerprint density at radius 1 is 1.23 bits per heavy atom. The van der Waals surface area contributed by atoms with Gasteiger partial charge in [0.1, 0.15) is 5.82 Å². The van der Waals surface area contributed by atoms with Crippen LogP contribution in [0.1, 0.15) is 35.9 Å². The topological polar surface area (TPSA) is 55.4 Å². The first-order valence-electron chi connectivity index (χ1n) is 8.36. The maximum Gasteiger partial charge on any atom is 0.307 e. The number of halogens is 2. The highest BCUT2D eigenvalue weighted by atomic mass is 35.5. The summed E-state index contributed by atoms with van der Waals surface area (Å²) in [6, 6.07) is 12.7. The van der Waals surface area contributed by atoms with Crippen LogP contribution in [0.3, 0.4) is 0 Å². The molecule has 3 atom stereocenters. The number of benzene rings is 2. The first kappa shape index (κ1) is 18.4. The molecular formula is C20H19ClFNO3. The van der Waals surface area contributed by atoms with Gasteiger partial charge in [0, 0.05) is 10.9 Å². The molecule has 4 nitrogen and oxygen atoms in total. The highest BCUT2D eigenvalue weighted by Gasteiger charge is 2.44. The molecule has 26 heavy (non-hydrogen) atoms. The van der Waals surface area contributed by atoms with Gasteiger partial charge < -0.3 is 10.1 Å². The number of amides is 1. The second-order valence-electron chi connectivity index (χ2n) is 6.36. The van der Waals surface area contributed by atoms with Crippen LogP contribution in [0.5, 0.6) is 0 Å². The van der Waals surface area contributed by atoms with Crippen molar-refractivity contribution in [2.75, 3.05) is 7.11 Å². The summed E-state index contributed by atoms with van der Waals surface area (Å²) in [4.78, 5) is 24.4. The molecule has 2 aromatic carbocycles. The number of carbonyl (C=O) groups excluding carboxylic acids is 2. The molecule has 1 amide bonds. The minimum atomic E-state index is -0.557. The van der Waals surface area contributed by atoms with Crippen LogP contribution < -0.4 is 5.32 Å². The predicted octanol–water partition coefficient (Wildman–Crippen LogP) is 4.00. The number of hydrogen-bond acceptors (Lipinski definition) is 3. The Balaban J connectivity index is 1.71. The third-order valence-corrected chi connectivity index (χ3v) is 4.97. The zero-order chi connectivity index (χ0) is 18.7. The van der Waals surface area contributed by atoms with E-state index in [2.05, 4.69) is 5.32 Å². The average Bonchev–Trinajstić information content (AvgIpc) is 3.43. The average molecular weight is 376 g/mol. The van der Waals surface area contributed by atoms with E-state index in [1.54, 1.807) is 36.4 Å². The lowest BCUT2D eigenvalue weighted by molar-refractivity contribution is -0.141. The molecule has 0 radical (unpaired) electrons. The lowest BCUT2D eigenvalue weighted by Crippen LogP contribution is -2.32. The summed E-state index contributed by atoms with van der Waals surface area (Å²) in [7, 11) is 1.30. The molecule has 136 valence electrons. The smallest absolute Gasteiger partial charge is 0.307 e. The van der Waals surface area contributed by atoms with E-state index in [0.29, 0.717) is 17.0 Å². The molecule has 0 aliphatic heterocycles. The third kappa shape index (κ3) is 4.22. The van der Waals surface area contributed by atoms with Gasteiger partial charge in [-0.25, -0.2) is 4.39 Å². The quantitative estimate of drug-likeness (QED) is 0.776. The molecule has 1 aliphatic carbocycles. The Morgan fingerprint density at radius 2 is 1.92 bits per heavy atom. The first-order chi connectivity index (χ1) is 12.5.